The number of nitrogens with one attached hydrogen (secondary N) is 1. The van der Waals surface area contributed by atoms with Crippen molar-refractivity contribution < 1.29 is 27.5 Å². The third-order valence-corrected chi connectivity index (χ3v) is 8.18. The molecular weight excluding hydrogens is 589 g/mol. The van der Waals surface area contributed by atoms with Gasteiger partial charge in [-0.1, -0.05) is 59.6 Å². The molecule has 0 bridgehead atoms. The van der Waals surface area contributed by atoms with Crippen LogP contribution in [0.1, 0.15) is 18.1 Å². The van der Waals surface area contributed by atoms with Crippen LogP contribution in [0.4, 0.5) is 5.69 Å². The average molecular weight is 623 g/mol. The molecule has 0 aliphatic rings. The Labute approximate surface area is 251 Å². The van der Waals surface area contributed by atoms with E-state index in [1.54, 1.807) is 31.2 Å². The Morgan fingerprint density at radius 2 is 1.61 bits per heavy atom. The largest absolute Gasteiger partial charge is 0.497 e. The van der Waals surface area contributed by atoms with Crippen molar-refractivity contribution in [2.24, 2.45) is 0 Å². The van der Waals surface area contributed by atoms with Gasteiger partial charge in [0.1, 0.15) is 24.1 Å². The van der Waals surface area contributed by atoms with Gasteiger partial charge in [-0.25, -0.2) is 8.42 Å². The number of sulfonamides is 1. The summed E-state index contributed by atoms with van der Waals surface area (Å²) in [5.74, 6) is -0.412. The second-order valence-electron chi connectivity index (χ2n) is 9.13. The van der Waals surface area contributed by atoms with E-state index in [4.69, 9.17) is 32.7 Å². The van der Waals surface area contributed by atoms with Gasteiger partial charge in [-0.3, -0.25) is 13.9 Å². The molecule has 3 aromatic rings. The van der Waals surface area contributed by atoms with Crippen molar-refractivity contribution in [2.75, 3.05) is 37.9 Å². The van der Waals surface area contributed by atoms with Gasteiger partial charge in [-0.15, -0.1) is 0 Å². The third kappa shape index (κ3) is 8.28. The molecular formula is C29H33Cl2N3O6S. The maximum absolute atomic E-state index is 14.2. The zero-order valence-corrected chi connectivity index (χ0v) is 25.6. The third-order valence-electron chi connectivity index (χ3n) is 6.35. The van der Waals surface area contributed by atoms with Gasteiger partial charge in [0.2, 0.25) is 21.8 Å². The van der Waals surface area contributed by atoms with Crippen LogP contribution in [0.15, 0.2) is 66.7 Å². The molecule has 0 saturated heterocycles. The first kappa shape index (κ1) is 32.0. The van der Waals surface area contributed by atoms with Gasteiger partial charge < -0.3 is 19.7 Å². The van der Waals surface area contributed by atoms with Crippen molar-refractivity contribution in [1.29, 1.82) is 0 Å². The Hall–Kier alpha value is -3.47. The van der Waals surface area contributed by atoms with E-state index < -0.39 is 34.4 Å². The van der Waals surface area contributed by atoms with Gasteiger partial charge >= 0.3 is 0 Å². The Kier molecular flexibility index (Phi) is 11.3. The van der Waals surface area contributed by atoms with Crippen LogP contribution >= 0.6 is 23.2 Å². The molecule has 0 heterocycles. The van der Waals surface area contributed by atoms with E-state index in [-0.39, 0.29) is 24.4 Å². The molecule has 220 valence electrons. The minimum Gasteiger partial charge on any atom is -0.497 e. The Balaban J connectivity index is 2.12. The van der Waals surface area contributed by atoms with Crippen LogP contribution in [0.25, 0.3) is 0 Å². The first-order chi connectivity index (χ1) is 19.5. The van der Waals surface area contributed by atoms with Crippen molar-refractivity contribution in [2.45, 2.75) is 25.9 Å². The maximum Gasteiger partial charge on any atom is 0.244 e. The molecule has 2 amide bonds. The van der Waals surface area contributed by atoms with Gasteiger partial charge in [0.15, 0.2) is 0 Å². The molecule has 3 rings (SSSR count). The minimum atomic E-state index is -3.99. The number of benzene rings is 3. The molecule has 0 aliphatic heterocycles. The van der Waals surface area contributed by atoms with Crippen LogP contribution in [0.5, 0.6) is 11.5 Å². The van der Waals surface area contributed by atoms with Crippen molar-refractivity contribution >= 4 is 50.7 Å². The smallest absolute Gasteiger partial charge is 0.244 e. The van der Waals surface area contributed by atoms with Crippen LogP contribution < -0.4 is 19.1 Å². The lowest BCUT2D eigenvalue weighted by atomic mass is 10.0. The number of hydrogen-bond donors (Lipinski definition) is 1. The second-order valence-corrected chi connectivity index (χ2v) is 11.9. The van der Waals surface area contributed by atoms with E-state index in [9.17, 15) is 18.0 Å². The van der Waals surface area contributed by atoms with E-state index in [0.717, 1.165) is 16.1 Å². The predicted molar refractivity (Wildman–Crippen MR) is 161 cm³/mol. The van der Waals surface area contributed by atoms with Crippen LogP contribution in [0.3, 0.4) is 0 Å². The van der Waals surface area contributed by atoms with E-state index in [2.05, 4.69) is 5.32 Å². The summed E-state index contributed by atoms with van der Waals surface area (Å²) in [5.41, 5.74) is 1.38. The lowest BCUT2D eigenvalue weighted by Gasteiger charge is -2.34. The van der Waals surface area contributed by atoms with E-state index in [1.165, 1.54) is 31.3 Å². The molecule has 0 spiro atoms. The number of rotatable bonds is 13. The summed E-state index contributed by atoms with van der Waals surface area (Å²) in [6, 6.07) is 17.7. The molecule has 0 radical (unpaired) electrons. The van der Waals surface area contributed by atoms with Crippen LogP contribution in [0, 0.1) is 0 Å². The molecule has 0 saturated carbocycles. The summed E-state index contributed by atoms with van der Waals surface area (Å²) < 4.78 is 37.6. The van der Waals surface area contributed by atoms with Crippen molar-refractivity contribution in [3.63, 3.8) is 0 Å². The highest BCUT2D eigenvalue weighted by atomic mass is 35.5. The van der Waals surface area contributed by atoms with Crippen molar-refractivity contribution in [3.05, 3.63) is 87.9 Å². The summed E-state index contributed by atoms with van der Waals surface area (Å²) in [4.78, 5) is 28.9. The van der Waals surface area contributed by atoms with Crippen LogP contribution in [0.2, 0.25) is 10.0 Å². The number of carbonyl (C=O) groups is 2. The zero-order chi connectivity index (χ0) is 30.2. The number of halogens is 2. The molecule has 0 unspecified atom stereocenters. The average Bonchev–Trinajstić information content (AvgIpc) is 2.94. The van der Waals surface area contributed by atoms with E-state index in [0.29, 0.717) is 27.9 Å². The predicted octanol–water partition coefficient (Wildman–Crippen LogP) is 4.55. The molecule has 0 aliphatic carbocycles. The summed E-state index contributed by atoms with van der Waals surface area (Å²) >= 11 is 12.9. The van der Waals surface area contributed by atoms with E-state index in [1.807, 2.05) is 30.3 Å². The highest BCUT2D eigenvalue weighted by Crippen LogP contribution is 2.34. The monoisotopic (exact) mass is 621 g/mol. The summed E-state index contributed by atoms with van der Waals surface area (Å²) in [7, 11) is -1.13. The minimum absolute atomic E-state index is 0.136. The zero-order valence-electron chi connectivity index (χ0n) is 23.3. The Morgan fingerprint density at radius 1 is 0.951 bits per heavy atom. The van der Waals surface area contributed by atoms with Crippen LogP contribution in [-0.4, -0.2) is 64.7 Å². The highest BCUT2D eigenvalue weighted by molar-refractivity contribution is 7.92. The molecule has 41 heavy (non-hydrogen) atoms. The summed E-state index contributed by atoms with van der Waals surface area (Å²) in [5, 5.41) is 3.41. The Bertz CT molecular complexity index is 1450. The first-order valence-electron chi connectivity index (χ1n) is 12.7. The molecule has 1 atom stereocenters. The SMILES string of the molecule is CCNC(=O)[C@H](Cc1ccccc1)N(Cc1c(Cl)cccc1Cl)C(=O)CN(c1ccc(OC)cc1OC)S(C)(=O)=O. The summed E-state index contributed by atoms with van der Waals surface area (Å²) in [6.07, 6.45) is 1.16. The lowest BCUT2D eigenvalue weighted by Crippen LogP contribution is -2.53. The topological polar surface area (TPSA) is 105 Å². The number of carbonyl (C=O) groups excluding carboxylic acids is 2. The summed E-state index contributed by atoms with van der Waals surface area (Å²) in [6.45, 7) is 1.35. The number of hydrogen-bond acceptors (Lipinski definition) is 6. The number of likely N-dealkylation sites (N-methyl/N-ethyl adjacent to an activating group) is 1. The number of anilines is 1. The normalized spacial score (nSPS) is 11.9. The fourth-order valence-corrected chi connectivity index (χ4v) is 5.66. The first-order valence-corrected chi connectivity index (χ1v) is 15.3. The second kappa shape index (κ2) is 14.4. The van der Waals surface area contributed by atoms with Gasteiger partial charge in [0.25, 0.3) is 0 Å². The molecule has 3 aromatic carbocycles. The number of methoxy groups -OCH3 is 2. The van der Waals surface area contributed by atoms with Gasteiger partial charge in [0.05, 0.1) is 26.2 Å². The molecule has 0 fully saturated rings. The van der Waals surface area contributed by atoms with Gasteiger partial charge in [-0.05, 0) is 36.8 Å². The molecule has 0 aromatic heterocycles. The van der Waals surface area contributed by atoms with Gasteiger partial charge in [0, 0.05) is 41.2 Å². The Morgan fingerprint density at radius 3 is 2.17 bits per heavy atom. The van der Waals surface area contributed by atoms with Crippen LogP contribution in [-0.2, 0) is 32.6 Å². The number of nitrogens with zero attached hydrogens (tertiary/aromatic N) is 2. The fourth-order valence-electron chi connectivity index (χ4n) is 4.29. The quantitative estimate of drug-likeness (QED) is 0.300. The number of amides is 2. The highest BCUT2D eigenvalue weighted by Gasteiger charge is 2.34. The fraction of sp³-hybridized carbons (Fsp3) is 0.310. The van der Waals surface area contributed by atoms with Gasteiger partial charge in [-0.2, -0.15) is 0 Å². The maximum atomic E-state index is 14.2. The van der Waals surface area contributed by atoms with E-state index >= 15 is 0 Å². The molecule has 9 nitrogen and oxygen atoms in total. The lowest BCUT2D eigenvalue weighted by molar-refractivity contribution is -0.140. The van der Waals surface area contributed by atoms with Crippen molar-refractivity contribution in [3.8, 4) is 11.5 Å². The molecule has 1 N–H and O–H groups in total. The van der Waals surface area contributed by atoms with Crippen molar-refractivity contribution in [1.82, 2.24) is 10.2 Å². The standard InChI is InChI=1S/C29H33Cl2N3O6S/c1-5-32-29(36)26(16-20-10-7-6-8-11-20)33(18-22-23(30)12-9-13-24(22)31)28(35)19-34(41(4,37)38)25-15-14-21(39-2)17-27(25)40-3/h6-15,17,26H,5,16,18-19H2,1-4H3,(H,32,36)/t26-/m0/s1. The number of ether oxygens (including phenoxy) is 2. The molecule has 12 heteroatoms.